The van der Waals surface area contributed by atoms with Crippen molar-refractivity contribution in [3.05, 3.63) is 41.5 Å². The van der Waals surface area contributed by atoms with Crippen molar-refractivity contribution in [2.45, 2.75) is 4.90 Å². The van der Waals surface area contributed by atoms with E-state index in [9.17, 15) is 0 Å². The van der Waals surface area contributed by atoms with E-state index < -0.39 is 0 Å². The lowest BCUT2D eigenvalue weighted by molar-refractivity contribution is 1.40. The summed E-state index contributed by atoms with van der Waals surface area (Å²) in [6, 6.07) is 13.4. The SMILES string of the molecule is N#Cc1c2cccccc-2c(C#N)c1S. The van der Waals surface area contributed by atoms with Gasteiger partial charge >= 0.3 is 0 Å². The Bertz CT molecular complexity index is 527. The minimum absolute atomic E-state index is 0.473. The van der Waals surface area contributed by atoms with Crippen LogP contribution in [0.2, 0.25) is 0 Å². The van der Waals surface area contributed by atoms with E-state index in [1.54, 1.807) is 0 Å². The number of hydrogen-bond acceptors (Lipinski definition) is 3. The molecule has 0 N–H and O–H groups in total. The first-order chi connectivity index (χ1) is 7.29. The van der Waals surface area contributed by atoms with E-state index in [2.05, 4.69) is 24.8 Å². The maximum atomic E-state index is 9.00. The van der Waals surface area contributed by atoms with Gasteiger partial charge in [-0.15, -0.1) is 12.6 Å². The van der Waals surface area contributed by atoms with Crippen LogP contribution in [-0.2, 0) is 0 Å². The molecule has 0 aromatic rings. The molecule has 0 aliphatic heterocycles. The van der Waals surface area contributed by atoms with Gasteiger partial charge in [0.1, 0.15) is 12.1 Å². The van der Waals surface area contributed by atoms with Crippen molar-refractivity contribution in [3.63, 3.8) is 0 Å². The molecule has 0 amide bonds. The lowest BCUT2D eigenvalue weighted by atomic mass is 10.1. The summed E-state index contributed by atoms with van der Waals surface area (Å²) in [5.41, 5.74) is 2.51. The number of nitrogens with zero attached hydrogens (tertiary/aromatic N) is 2. The van der Waals surface area contributed by atoms with Gasteiger partial charge in [0.15, 0.2) is 0 Å². The maximum Gasteiger partial charge on any atom is 0.101 e. The van der Waals surface area contributed by atoms with E-state index in [4.69, 9.17) is 10.5 Å². The highest BCUT2D eigenvalue weighted by Crippen LogP contribution is 2.37. The van der Waals surface area contributed by atoms with Gasteiger partial charge in [0.25, 0.3) is 0 Å². The minimum Gasteiger partial charge on any atom is -0.192 e. The van der Waals surface area contributed by atoms with Crippen molar-refractivity contribution in [2.24, 2.45) is 0 Å². The second kappa shape index (κ2) is 3.65. The van der Waals surface area contributed by atoms with Crippen LogP contribution in [0.1, 0.15) is 11.1 Å². The summed E-state index contributed by atoms with van der Waals surface area (Å²) < 4.78 is 0. The van der Waals surface area contributed by atoms with Crippen LogP contribution < -0.4 is 0 Å². The van der Waals surface area contributed by atoms with Gasteiger partial charge in [0.05, 0.1) is 11.1 Å². The van der Waals surface area contributed by atoms with Crippen LogP contribution in [0.25, 0.3) is 11.1 Å². The van der Waals surface area contributed by atoms with Crippen molar-refractivity contribution in [3.8, 4) is 23.3 Å². The lowest BCUT2D eigenvalue weighted by Crippen LogP contribution is -1.72. The molecule has 2 nitrogen and oxygen atoms in total. The van der Waals surface area contributed by atoms with Crippen LogP contribution in [0.3, 0.4) is 0 Å². The second-order valence-electron chi connectivity index (χ2n) is 3.06. The molecule has 0 unspecified atom stereocenters. The van der Waals surface area contributed by atoms with Crippen molar-refractivity contribution < 1.29 is 0 Å². The number of hydrogen-bond donors (Lipinski definition) is 1. The highest BCUT2D eigenvalue weighted by molar-refractivity contribution is 7.80. The quantitative estimate of drug-likeness (QED) is 0.680. The van der Waals surface area contributed by atoms with E-state index in [-0.39, 0.29) is 0 Å². The fourth-order valence-corrected chi connectivity index (χ4v) is 1.93. The summed E-state index contributed by atoms with van der Waals surface area (Å²) in [6.07, 6.45) is 0. The predicted molar refractivity (Wildman–Crippen MR) is 59.7 cm³/mol. The summed E-state index contributed by atoms with van der Waals surface area (Å²) in [5.74, 6) is 0. The second-order valence-corrected chi connectivity index (χ2v) is 3.51. The summed E-state index contributed by atoms with van der Waals surface area (Å²) >= 11 is 4.21. The Morgan fingerprint density at radius 2 is 1.33 bits per heavy atom. The minimum atomic E-state index is 0.473. The molecule has 15 heavy (non-hydrogen) atoms. The predicted octanol–water partition coefficient (Wildman–Crippen LogP) is 2.82. The van der Waals surface area contributed by atoms with Crippen molar-refractivity contribution in [1.29, 1.82) is 10.5 Å². The van der Waals surface area contributed by atoms with Crippen LogP contribution >= 0.6 is 12.6 Å². The zero-order chi connectivity index (χ0) is 10.8. The number of thiol groups is 1. The summed E-state index contributed by atoms with van der Waals surface area (Å²) in [5, 5.41) is 18.0. The summed E-state index contributed by atoms with van der Waals surface area (Å²) in [4.78, 5) is 0.473. The number of fused-ring (bicyclic) bond motifs is 1. The molecule has 0 radical (unpaired) electrons. The van der Waals surface area contributed by atoms with Gasteiger partial charge in [-0.1, -0.05) is 30.3 Å². The molecule has 2 rings (SSSR count). The third-order valence-corrected chi connectivity index (χ3v) is 2.72. The molecule has 70 valence electrons. The molecule has 3 heteroatoms. The van der Waals surface area contributed by atoms with Gasteiger partial charge < -0.3 is 0 Å². The third-order valence-electron chi connectivity index (χ3n) is 2.27. The molecule has 0 aromatic heterocycles. The average Bonchev–Trinajstić information content (AvgIpc) is 2.43. The normalized spacial score (nSPS) is 9.53. The monoisotopic (exact) mass is 210 g/mol. The van der Waals surface area contributed by atoms with Crippen LogP contribution in [0.15, 0.2) is 35.2 Å². The largest absolute Gasteiger partial charge is 0.192 e. The zero-order valence-electron chi connectivity index (χ0n) is 7.73. The number of nitriles is 2. The van der Waals surface area contributed by atoms with Crippen molar-refractivity contribution in [2.75, 3.05) is 0 Å². The van der Waals surface area contributed by atoms with E-state index in [0.29, 0.717) is 16.0 Å². The molecule has 0 spiro atoms. The fraction of sp³-hybridized carbons (Fsp3) is 0. The first kappa shape index (κ1) is 9.58. The van der Waals surface area contributed by atoms with Crippen molar-refractivity contribution >= 4 is 12.6 Å². The molecule has 2 aliphatic rings. The topological polar surface area (TPSA) is 47.6 Å². The lowest BCUT2D eigenvalue weighted by Gasteiger charge is -1.91. The first-order valence-electron chi connectivity index (χ1n) is 4.33. The van der Waals surface area contributed by atoms with Crippen LogP contribution in [-0.4, -0.2) is 0 Å². The van der Waals surface area contributed by atoms with Gasteiger partial charge in [0, 0.05) is 16.0 Å². The van der Waals surface area contributed by atoms with E-state index in [1.807, 2.05) is 30.3 Å². The van der Waals surface area contributed by atoms with E-state index in [0.717, 1.165) is 11.1 Å². The van der Waals surface area contributed by atoms with Crippen LogP contribution in [0.4, 0.5) is 0 Å². The zero-order valence-corrected chi connectivity index (χ0v) is 8.62. The maximum absolute atomic E-state index is 9.00. The van der Waals surface area contributed by atoms with E-state index in [1.165, 1.54) is 0 Å². The Morgan fingerprint density at radius 1 is 0.867 bits per heavy atom. The van der Waals surface area contributed by atoms with Crippen LogP contribution in [0, 0.1) is 22.7 Å². The Balaban J connectivity index is 2.94. The highest BCUT2D eigenvalue weighted by atomic mass is 32.1. The smallest absolute Gasteiger partial charge is 0.101 e. The average molecular weight is 210 g/mol. The third kappa shape index (κ3) is 1.34. The molecule has 0 fully saturated rings. The number of rotatable bonds is 0. The van der Waals surface area contributed by atoms with Gasteiger partial charge in [0.2, 0.25) is 0 Å². The fourth-order valence-electron chi connectivity index (χ4n) is 1.59. The van der Waals surface area contributed by atoms with Gasteiger partial charge in [-0.2, -0.15) is 10.5 Å². The molecule has 0 aromatic carbocycles. The molecule has 0 saturated carbocycles. The molecule has 0 bridgehead atoms. The Hall–Kier alpha value is -1.97. The van der Waals surface area contributed by atoms with Crippen LogP contribution in [0.5, 0.6) is 0 Å². The molecular weight excluding hydrogens is 204 g/mol. The standard InChI is InChI=1S/C12H6N2S/c13-6-10-8-4-2-1-3-5-9(8)11(7-14)12(10)15/h1-5,15H. The van der Waals surface area contributed by atoms with Gasteiger partial charge in [-0.3, -0.25) is 0 Å². The molecule has 0 saturated heterocycles. The Kier molecular flexibility index (Phi) is 2.33. The summed E-state index contributed by atoms with van der Waals surface area (Å²) in [7, 11) is 0. The Morgan fingerprint density at radius 3 is 1.73 bits per heavy atom. The van der Waals surface area contributed by atoms with Crippen molar-refractivity contribution in [1.82, 2.24) is 0 Å². The molecular formula is C12H6N2S. The van der Waals surface area contributed by atoms with E-state index >= 15 is 0 Å². The molecule has 0 heterocycles. The molecule has 2 aliphatic carbocycles. The van der Waals surface area contributed by atoms with Gasteiger partial charge in [-0.25, -0.2) is 0 Å². The first-order valence-corrected chi connectivity index (χ1v) is 4.78. The Labute approximate surface area is 93.1 Å². The highest BCUT2D eigenvalue weighted by Gasteiger charge is 2.19. The van der Waals surface area contributed by atoms with Gasteiger partial charge in [-0.05, 0) is 0 Å². The summed E-state index contributed by atoms with van der Waals surface area (Å²) in [6.45, 7) is 0. The molecule has 0 atom stereocenters.